The van der Waals surface area contributed by atoms with Gasteiger partial charge >= 0.3 is 5.97 Å². The van der Waals surface area contributed by atoms with E-state index in [1.807, 2.05) is 42.5 Å². The van der Waals surface area contributed by atoms with Gasteiger partial charge in [0.2, 0.25) is 0 Å². The number of hydrogen-bond acceptors (Lipinski definition) is 5. The van der Waals surface area contributed by atoms with Crippen LogP contribution in [0, 0.1) is 0 Å². The lowest BCUT2D eigenvalue weighted by molar-refractivity contribution is -0.154. The maximum absolute atomic E-state index is 13.0. The summed E-state index contributed by atoms with van der Waals surface area (Å²) in [6.07, 6.45) is 0.0962. The first-order chi connectivity index (χ1) is 14.0. The van der Waals surface area contributed by atoms with Crippen molar-refractivity contribution >= 4 is 35.0 Å². The van der Waals surface area contributed by atoms with E-state index in [-0.39, 0.29) is 17.1 Å². The Balaban J connectivity index is 1.81. The molecule has 1 heterocycles. The summed E-state index contributed by atoms with van der Waals surface area (Å²) in [7, 11) is 0. The highest BCUT2D eigenvalue weighted by Crippen LogP contribution is 2.47. The summed E-state index contributed by atoms with van der Waals surface area (Å²) in [4.78, 5) is 13.8. The molecule has 3 aromatic carbocycles. The maximum atomic E-state index is 13.0. The Morgan fingerprint density at radius 1 is 0.966 bits per heavy atom. The van der Waals surface area contributed by atoms with E-state index in [0.29, 0.717) is 21.2 Å². The zero-order valence-corrected chi connectivity index (χ0v) is 16.9. The van der Waals surface area contributed by atoms with Crippen LogP contribution in [0.2, 0.25) is 5.02 Å². The van der Waals surface area contributed by atoms with Crippen LogP contribution in [0.5, 0.6) is 0 Å². The van der Waals surface area contributed by atoms with Crippen LogP contribution in [0.1, 0.15) is 17.5 Å². The molecule has 1 aliphatic rings. The van der Waals surface area contributed by atoms with E-state index in [1.165, 1.54) is 0 Å². The highest BCUT2D eigenvalue weighted by atomic mass is 35.5. The van der Waals surface area contributed by atoms with Gasteiger partial charge in [0.1, 0.15) is 10.7 Å². The normalized spacial score (nSPS) is 19.1. The number of carbonyl (C=O) groups excluding carboxylic acids is 1. The second-order valence-electron chi connectivity index (χ2n) is 6.69. The van der Waals surface area contributed by atoms with Gasteiger partial charge in [-0.25, -0.2) is 4.79 Å². The van der Waals surface area contributed by atoms with E-state index in [0.717, 1.165) is 17.3 Å². The van der Waals surface area contributed by atoms with Crippen molar-refractivity contribution in [1.82, 2.24) is 0 Å². The molecule has 3 N–H and O–H groups in total. The van der Waals surface area contributed by atoms with Crippen LogP contribution < -0.4 is 5.73 Å². The van der Waals surface area contributed by atoms with Crippen molar-refractivity contribution < 1.29 is 14.6 Å². The van der Waals surface area contributed by atoms with Crippen LogP contribution in [0.25, 0.3) is 0 Å². The van der Waals surface area contributed by atoms with Gasteiger partial charge in [0.05, 0.1) is 11.4 Å². The monoisotopic (exact) mass is 423 g/mol. The Morgan fingerprint density at radius 3 is 2.34 bits per heavy atom. The van der Waals surface area contributed by atoms with Gasteiger partial charge in [-0.3, -0.25) is 0 Å². The number of hydrogen-bond donors (Lipinski definition) is 2. The van der Waals surface area contributed by atoms with Crippen molar-refractivity contribution in [3.05, 3.63) is 106 Å². The molecule has 0 aromatic heterocycles. The maximum Gasteiger partial charge on any atom is 0.349 e. The van der Waals surface area contributed by atoms with E-state index in [2.05, 4.69) is 0 Å². The number of anilines is 1. The lowest BCUT2D eigenvalue weighted by Gasteiger charge is -2.38. The van der Waals surface area contributed by atoms with E-state index < -0.39 is 11.6 Å². The van der Waals surface area contributed by atoms with E-state index in [4.69, 9.17) is 22.1 Å². The number of esters is 1. The predicted molar refractivity (Wildman–Crippen MR) is 116 cm³/mol. The average molecular weight is 424 g/mol. The molecule has 0 aliphatic carbocycles. The first-order valence-corrected chi connectivity index (χ1v) is 10.2. The van der Waals surface area contributed by atoms with Gasteiger partial charge < -0.3 is 15.6 Å². The van der Waals surface area contributed by atoms with Gasteiger partial charge in [0.25, 0.3) is 0 Å². The Hall–Kier alpha value is -2.89. The quantitative estimate of drug-likeness (QED) is 0.417. The Kier molecular flexibility index (Phi) is 5.26. The number of aliphatic hydroxyl groups excluding tert-OH is 1. The molecule has 0 fully saturated rings. The van der Waals surface area contributed by atoms with Crippen molar-refractivity contribution in [3.8, 4) is 0 Å². The van der Waals surface area contributed by atoms with Gasteiger partial charge in [0.15, 0.2) is 5.60 Å². The summed E-state index contributed by atoms with van der Waals surface area (Å²) in [5.74, 6) is -0.651. The molecule has 4 nitrogen and oxygen atoms in total. The Bertz CT molecular complexity index is 1100. The second kappa shape index (κ2) is 7.85. The van der Waals surface area contributed by atoms with Gasteiger partial charge in [-0.1, -0.05) is 78.0 Å². The molecule has 0 radical (unpaired) electrons. The predicted octanol–water partition coefficient (Wildman–Crippen LogP) is 5.67. The number of carbonyl (C=O) groups is 1. The molecule has 4 rings (SSSR count). The lowest BCUT2D eigenvalue weighted by atomic mass is 9.81. The van der Waals surface area contributed by atoms with Crippen LogP contribution in [-0.4, -0.2) is 11.1 Å². The molecule has 0 saturated heterocycles. The summed E-state index contributed by atoms with van der Waals surface area (Å²) >= 11 is 7.31. The molecule has 0 amide bonds. The summed E-state index contributed by atoms with van der Waals surface area (Å²) in [6.45, 7) is 0. The molecular weight excluding hydrogens is 406 g/mol. The SMILES string of the molecule is Nc1cccc(C2(c3ccccc3)CC(O)=C(Sc3ccccc3Cl)C(=O)O2)c1. The lowest BCUT2D eigenvalue weighted by Crippen LogP contribution is -2.38. The van der Waals surface area contributed by atoms with Crippen molar-refractivity contribution in [1.29, 1.82) is 0 Å². The van der Waals surface area contributed by atoms with Gasteiger partial charge in [-0.05, 0) is 24.3 Å². The van der Waals surface area contributed by atoms with Crippen LogP contribution >= 0.6 is 23.4 Å². The Morgan fingerprint density at radius 2 is 1.66 bits per heavy atom. The molecule has 6 heteroatoms. The zero-order chi connectivity index (χ0) is 20.4. The van der Waals surface area contributed by atoms with Crippen molar-refractivity contribution in [3.63, 3.8) is 0 Å². The largest absolute Gasteiger partial charge is 0.511 e. The fraction of sp³-hybridized carbons (Fsp3) is 0.0870. The van der Waals surface area contributed by atoms with E-state index >= 15 is 0 Å². The number of benzene rings is 3. The number of nitrogens with two attached hydrogens (primary N) is 1. The third-order valence-corrected chi connectivity index (χ3v) is 6.40. The molecule has 1 aliphatic heterocycles. The average Bonchev–Trinajstić information content (AvgIpc) is 2.72. The third kappa shape index (κ3) is 3.71. The van der Waals surface area contributed by atoms with E-state index in [9.17, 15) is 9.90 Å². The minimum absolute atomic E-state index is 0.0440. The van der Waals surface area contributed by atoms with Crippen molar-refractivity contribution in [2.75, 3.05) is 5.73 Å². The summed E-state index contributed by atoms with van der Waals surface area (Å²) in [5.41, 5.74) is 6.83. The second-order valence-corrected chi connectivity index (χ2v) is 8.15. The molecule has 3 aromatic rings. The van der Waals surface area contributed by atoms with Crippen LogP contribution in [0.15, 0.2) is 94.4 Å². The highest BCUT2D eigenvalue weighted by Gasteiger charge is 2.45. The summed E-state index contributed by atoms with van der Waals surface area (Å²) in [5, 5.41) is 11.4. The van der Waals surface area contributed by atoms with Gasteiger partial charge in [0, 0.05) is 21.7 Å². The molecule has 1 atom stereocenters. The van der Waals surface area contributed by atoms with Crippen molar-refractivity contribution in [2.24, 2.45) is 0 Å². The summed E-state index contributed by atoms with van der Waals surface area (Å²) in [6, 6.07) is 23.7. The molecule has 146 valence electrons. The van der Waals surface area contributed by atoms with Crippen molar-refractivity contribution in [2.45, 2.75) is 16.9 Å². The minimum atomic E-state index is -1.16. The first kappa shape index (κ1) is 19.4. The molecule has 29 heavy (non-hydrogen) atoms. The van der Waals surface area contributed by atoms with Gasteiger partial charge in [-0.2, -0.15) is 0 Å². The molecule has 0 saturated carbocycles. The number of nitrogen functional groups attached to an aromatic ring is 1. The standard InChI is InChI=1S/C23H18ClNO3S/c24-18-11-4-5-12-20(18)29-21-19(26)14-23(28-22(21)27,15-7-2-1-3-8-15)16-9-6-10-17(25)13-16/h1-13,26H,14,25H2. The number of aliphatic hydroxyl groups is 1. The Labute approximate surface area is 178 Å². The van der Waals surface area contributed by atoms with Crippen LogP contribution in [0.3, 0.4) is 0 Å². The number of halogens is 1. The first-order valence-electron chi connectivity index (χ1n) is 8.99. The number of rotatable bonds is 4. The molecule has 0 spiro atoms. The fourth-order valence-corrected chi connectivity index (χ4v) is 4.50. The van der Waals surface area contributed by atoms with Gasteiger partial charge in [-0.15, -0.1) is 0 Å². The fourth-order valence-electron chi connectivity index (χ4n) is 3.40. The minimum Gasteiger partial charge on any atom is -0.511 e. The van der Waals surface area contributed by atoms with Crippen LogP contribution in [0.4, 0.5) is 5.69 Å². The third-order valence-electron chi connectivity index (χ3n) is 4.77. The van der Waals surface area contributed by atoms with Crippen LogP contribution in [-0.2, 0) is 15.1 Å². The molecular formula is C23H18ClNO3S. The molecule has 0 bridgehead atoms. The molecule has 1 unspecified atom stereocenters. The number of ether oxygens (including phenoxy) is 1. The topological polar surface area (TPSA) is 72.5 Å². The summed E-state index contributed by atoms with van der Waals surface area (Å²) < 4.78 is 6.02. The smallest absolute Gasteiger partial charge is 0.349 e. The number of cyclic esters (lactones) is 1. The number of thioether (sulfide) groups is 1. The zero-order valence-electron chi connectivity index (χ0n) is 15.3. The highest BCUT2D eigenvalue weighted by molar-refractivity contribution is 8.04. The van der Waals surface area contributed by atoms with E-state index in [1.54, 1.807) is 36.4 Å².